The van der Waals surface area contributed by atoms with Crippen molar-refractivity contribution in [3.8, 4) is 0 Å². The van der Waals surface area contributed by atoms with Crippen LogP contribution in [0.15, 0.2) is 5.11 Å². The summed E-state index contributed by atoms with van der Waals surface area (Å²) < 4.78 is 4.82. The maximum Gasteiger partial charge on any atom is 0.319 e. The average molecular weight is 251 g/mol. The highest BCUT2D eigenvalue weighted by Crippen LogP contribution is 2.60. The van der Waals surface area contributed by atoms with Gasteiger partial charge in [0.2, 0.25) is 0 Å². The van der Waals surface area contributed by atoms with Crippen molar-refractivity contribution >= 4 is 11.8 Å². The highest BCUT2D eigenvalue weighted by molar-refractivity contribution is 6.05. The predicted molar refractivity (Wildman–Crippen MR) is 63.5 cm³/mol. The van der Waals surface area contributed by atoms with E-state index >= 15 is 0 Å². The van der Waals surface area contributed by atoms with Gasteiger partial charge in [0, 0.05) is 17.9 Å². The van der Waals surface area contributed by atoms with Crippen LogP contribution in [0.2, 0.25) is 0 Å². The Hall–Kier alpha value is -1.55. The number of methoxy groups -OCH3 is 1. The molecule has 3 atom stereocenters. The van der Waals surface area contributed by atoms with Crippen LogP contribution in [0.1, 0.15) is 32.6 Å². The van der Waals surface area contributed by atoms with Crippen LogP contribution in [-0.4, -0.2) is 25.4 Å². The quantitative estimate of drug-likeness (QED) is 0.253. The molecule has 0 heterocycles. The first kappa shape index (κ1) is 12.9. The number of azide groups is 1. The first-order valence-electron chi connectivity index (χ1n) is 6.11. The van der Waals surface area contributed by atoms with E-state index in [1.165, 1.54) is 7.11 Å². The molecule has 0 aromatic carbocycles. The van der Waals surface area contributed by atoms with Gasteiger partial charge in [-0.15, -0.1) is 0 Å². The smallest absolute Gasteiger partial charge is 0.319 e. The third kappa shape index (κ3) is 1.68. The molecule has 2 aliphatic rings. The van der Waals surface area contributed by atoms with Crippen molar-refractivity contribution in [2.45, 2.75) is 32.6 Å². The molecule has 0 N–H and O–H groups in total. The van der Waals surface area contributed by atoms with Gasteiger partial charge < -0.3 is 4.74 Å². The van der Waals surface area contributed by atoms with Crippen LogP contribution >= 0.6 is 0 Å². The lowest BCUT2D eigenvalue weighted by Crippen LogP contribution is -2.42. The fourth-order valence-corrected chi connectivity index (χ4v) is 3.60. The topological polar surface area (TPSA) is 92.1 Å². The molecule has 98 valence electrons. The number of carbonyl (C=O) groups excluding carboxylic acids is 2. The number of rotatable bonds is 3. The largest absolute Gasteiger partial charge is 0.468 e. The molecule has 6 heteroatoms. The van der Waals surface area contributed by atoms with Crippen molar-refractivity contribution < 1.29 is 14.3 Å². The van der Waals surface area contributed by atoms with E-state index in [9.17, 15) is 9.59 Å². The van der Waals surface area contributed by atoms with E-state index in [1.54, 1.807) is 0 Å². The number of carbonyl (C=O) groups is 2. The molecule has 6 nitrogen and oxygen atoms in total. The minimum Gasteiger partial charge on any atom is -0.468 e. The van der Waals surface area contributed by atoms with E-state index in [2.05, 4.69) is 16.9 Å². The number of ketones is 1. The summed E-state index contributed by atoms with van der Waals surface area (Å²) in [5.41, 5.74) is 7.33. The van der Waals surface area contributed by atoms with Crippen LogP contribution in [0.3, 0.4) is 0 Å². The normalized spacial score (nSPS) is 38.1. The monoisotopic (exact) mass is 251 g/mol. The molecular weight excluding hydrogens is 234 g/mol. The van der Waals surface area contributed by atoms with Gasteiger partial charge in [-0.25, -0.2) is 0 Å². The average Bonchev–Trinajstić information content (AvgIpc) is 2.62. The van der Waals surface area contributed by atoms with Crippen LogP contribution in [0.5, 0.6) is 0 Å². The summed E-state index contributed by atoms with van der Waals surface area (Å²) in [5.74, 6) is -0.365. The standard InChI is InChI=1S/C12H17N3O3/c1-11-4-3-9(16)12(7-11,10(17)18-2)5-8(11)6-14-15-13/h8H,3-7H2,1-2H3/t8-,11+,12-/m1/s1. The van der Waals surface area contributed by atoms with Crippen molar-refractivity contribution in [3.63, 3.8) is 0 Å². The van der Waals surface area contributed by atoms with Gasteiger partial charge in [0.05, 0.1) is 7.11 Å². The van der Waals surface area contributed by atoms with Crippen molar-refractivity contribution in [1.29, 1.82) is 0 Å². The van der Waals surface area contributed by atoms with Crippen LogP contribution in [0.25, 0.3) is 10.4 Å². The van der Waals surface area contributed by atoms with Crippen molar-refractivity contribution in [1.82, 2.24) is 0 Å². The molecule has 0 radical (unpaired) electrons. The third-order valence-electron chi connectivity index (χ3n) is 4.68. The Morgan fingerprint density at radius 2 is 2.39 bits per heavy atom. The molecule has 0 unspecified atom stereocenters. The second-order valence-corrected chi connectivity index (χ2v) is 5.64. The highest BCUT2D eigenvalue weighted by Gasteiger charge is 2.62. The van der Waals surface area contributed by atoms with Gasteiger partial charge in [0.25, 0.3) is 0 Å². The van der Waals surface area contributed by atoms with Gasteiger partial charge in [0.1, 0.15) is 11.2 Å². The number of nitrogens with zero attached hydrogens (tertiary/aromatic N) is 3. The maximum absolute atomic E-state index is 12.1. The van der Waals surface area contributed by atoms with Gasteiger partial charge in [-0.2, -0.15) is 0 Å². The number of ether oxygens (including phenoxy) is 1. The molecule has 0 aromatic rings. The van der Waals surface area contributed by atoms with Gasteiger partial charge in [-0.1, -0.05) is 12.0 Å². The fraction of sp³-hybridized carbons (Fsp3) is 0.833. The molecule has 18 heavy (non-hydrogen) atoms. The lowest BCUT2D eigenvalue weighted by atomic mass is 9.68. The fourth-order valence-electron chi connectivity index (χ4n) is 3.60. The van der Waals surface area contributed by atoms with Crippen molar-refractivity contribution in [2.75, 3.05) is 13.7 Å². The Balaban J connectivity index is 2.34. The molecule has 0 amide bonds. The zero-order chi connectivity index (χ0) is 13.4. The Kier molecular flexibility index (Phi) is 3.07. The second kappa shape index (κ2) is 4.28. The molecule has 0 aliphatic heterocycles. The van der Waals surface area contributed by atoms with E-state index in [4.69, 9.17) is 10.3 Å². The van der Waals surface area contributed by atoms with E-state index in [-0.39, 0.29) is 17.1 Å². The SMILES string of the molecule is COC(=O)[C@@]12C[C@H](CN=[N+]=[N-])[C@@](C)(CCC1=O)C2. The van der Waals surface area contributed by atoms with Gasteiger partial charge in [-0.05, 0) is 36.1 Å². The minimum absolute atomic E-state index is 0.0183. The molecule has 0 saturated heterocycles. The summed E-state index contributed by atoms with van der Waals surface area (Å²) in [6.07, 6.45) is 2.15. The summed E-state index contributed by atoms with van der Waals surface area (Å²) in [6, 6.07) is 0. The molecule has 2 saturated carbocycles. The zero-order valence-corrected chi connectivity index (χ0v) is 10.7. The first-order valence-corrected chi connectivity index (χ1v) is 6.11. The van der Waals surface area contributed by atoms with Crippen LogP contribution in [-0.2, 0) is 14.3 Å². The van der Waals surface area contributed by atoms with Crippen LogP contribution in [0.4, 0.5) is 0 Å². The summed E-state index contributed by atoms with van der Waals surface area (Å²) in [7, 11) is 1.32. The summed E-state index contributed by atoms with van der Waals surface area (Å²) in [5, 5.41) is 3.62. The number of fused-ring (bicyclic) bond motifs is 2. The zero-order valence-electron chi connectivity index (χ0n) is 10.7. The van der Waals surface area contributed by atoms with E-state index < -0.39 is 11.4 Å². The van der Waals surface area contributed by atoms with Crippen molar-refractivity contribution in [2.24, 2.45) is 21.9 Å². The van der Waals surface area contributed by atoms with E-state index in [0.29, 0.717) is 25.8 Å². The molecule has 0 aromatic heterocycles. The summed E-state index contributed by atoms with van der Waals surface area (Å²) in [6.45, 7) is 2.42. The van der Waals surface area contributed by atoms with Crippen LogP contribution < -0.4 is 0 Å². The first-order chi connectivity index (χ1) is 8.48. The summed E-state index contributed by atoms with van der Waals surface area (Å²) in [4.78, 5) is 26.9. The molecule has 2 aliphatic carbocycles. The van der Waals surface area contributed by atoms with Crippen LogP contribution in [0, 0.1) is 16.7 Å². The molecule has 2 rings (SSSR count). The summed E-state index contributed by atoms with van der Waals surface area (Å²) >= 11 is 0. The number of esters is 1. The lowest BCUT2D eigenvalue weighted by molar-refractivity contribution is -0.159. The number of hydrogen-bond acceptors (Lipinski definition) is 4. The third-order valence-corrected chi connectivity index (χ3v) is 4.68. The Morgan fingerprint density at radius 3 is 3.00 bits per heavy atom. The molecule has 2 bridgehead atoms. The second-order valence-electron chi connectivity index (χ2n) is 5.64. The maximum atomic E-state index is 12.1. The number of Topliss-reactive ketones (excluding diaryl/α,β-unsaturated/α-hetero) is 1. The highest BCUT2D eigenvalue weighted by atomic mass is 16.5. The predicted octanol–water partition coefficient (Wildman–Crippen LogP) is 2.24. The van der Waals surface area contributed by atoms with Gasteiger partial charge in [0.15, 0.2) is 0 Å². The lowest BCUT2D eigenvalue weighted by Gasteiger charge is -2.35. The molecule has 2 fully saturated rings. The van der Waals surface area contributed by atoms with Gasteiger partial charge in [-0.3, -0.25) is 9.59 Å². The Morgan fingerprint density at radius 1 is 1.67 bits per heavy atom. The molecule has 0 spiro atoms. The van der Waals surface area contributed by atoms with Crippen molar-refractivity contribution in [3.05, 3.63) is 10.4 Å². The number of hydrogen-bond donors (Lipinski definition) is 0. The van der Waals surface area contributed by atoms with Gasteiger partial charge >= 0.3 is 5.97 Å². The Labute approximate surface area is 105 Å². The Bertz CT molecular complexity index is 434. The minimum atomic E-state index is -0.989. The van der Waals surface area contributed by atoms with E-state index in [1.807, 2.05) is 0 Å². The van der Waals surface area contributed by atoms with E-state index in [0.717, 1.165) is 6.42 Å². The molecular formula is C12H17N3O3.